The zero-order valence-corrected chi connectivity index (χ0v) is 23.3. The molecular weight excluding hydrogens is 512 g/mol. The Morgan fingerprint density at radius 2 is 1.75 bits per heavy atom. The van der Waals surface area contributed by atoms with Gasteiger partial charge in [-0.2, -0.15) is 0 Å². The molecule has 0 unspecified atom stereocenters. The van der Waals surface area contributed by atoms with Crippen LogP contribution in [0.3, 0.4) is 0 Å². The number of imidazole rings is 1. The van der Waals surface area contributed by atoms with Gasteiger partial charge in [0.05, 0.1) is 45.5 Å². The van der Waals surface area contributed by atoms with Crippen LogP contribution in [0.2, 0.25) is 0 Å². The molecule has 0 fully saturated rings. The highest BCUT2D eigenvalue weighted by Gasteiger charge is 2.22. The summed E-state index contributed by atoms with van der Waals surface area (Å²) in [5, 5.41) is 2.90. The number of benzene rings is 2. The van der Waals surface area contributed by atoms with Gasteiger partial charge in [0.25, 0.3) is 0 Å². The van der Waals surface area contributed by atoms with E-state index in [1.165, 1.54) is 4.90 Å². The van der Waals surface area contributed by atoms with E-state index in [4.69, 9.17) is 23.6 Å². The van der Waals surface area contributed by atoms with Crippen LogP contribution in [0.5, 0.6) is 17.2 Å². The van der Waals surface area contributed by atoms with Crippen molar-refractivity contribution in [2.75, 3.05) is 33.2 Å². The normalized spacial score (nSPS) is 10.8. The van der Waals surface area contributed by atoms with Gasteiger partial charge in [-0.15, -0.1) is 0 Å². The van der Waals surface area contributed by atoms with Gasteiger partial charge in [-0.05, 0) is 54.4 Å². The van der Waals surface area contributed by atoms with Crippen LogP contribution in [0.1, 0.15) is 26.0 Å². The van der Waals surface area contributed by atoms with E-state index in [1.54, 1.807) is 56.4 Å². The Bertz CT molecular complexity index is 1430. The maximum Gasteiger partial charge on any atom is 0.246 e. The first-order valence-electron chi connectivity index (χ1n) is 12.9. The number of anilines is 1. The highest BCUT2D eigenvalue weighted by atomic mass is 16.5. The first-order chi connectivity index (χ1) is 19.3. The summed E-state index contributed by atoms with van der Waals surface area (Å²) in [7, 11) is 4.73. The summed E-state index contributed by atoms with van der Waals surface area (Å²) in [5.41, 5.74) is 2.17. The van der Waals surface area contributed by atoms with Gasteiger partial charge in [0, 0.05) is 24.2 Å². The van der Waals surface area contributed by atoms with Gasteiger partial charge in [0.2, 0.25) is 17.8 Å². The number of furan rings is 1. The molecule has 210 valence electrons. The molecule has 2 heterocycles. The monoisotopic (exact) mass is 546 g/mol. The molecule has 10 nitrogen and oxygen atoms in total. The Labute approximate surface area is 233 Å². The fraction of sp³-hybridized carbons (Fsp3) is 0.300. The van der Waals surface area contributed by atoms with E-state index in [-0.39, 0.29) is 30.9 Å². The molecule has 0 spiro atoms. The minimum atomic E-state index is -0.391. The number of hydrogen-bond acceptors (Lipinski definition) is 7. The predicted molar refractivity (Wildman–Crippen MR) is 151 cm³/mol. The molecule has 10 heteroatoms. The highest BCUT2D eigenvalue weighted by Crippen LogP contribution is 2.32. The maximum atomic E-state index is 13.3. The summed E-state index contributed by atoms with van der Waals surface area (Å²) in [4.78, 5) is 32.5. The highest BCUT2D eigenvalue weighted by molar-refractivity contribution is 5.94. The number of ether oxygens (including phenoxy) is 3. The molecule has 2 aromatic heterocycles. The number of nitrogens with one attached hydrogen (secondary N) is 1. The molecule has 0 aliphatic heterocycles. The van der Waals surface area contributed by atoms with Crippen molar-refractivity contribution >= 4 is 17.8 Å². The van der Waals surface area contributed by atoms with Crippen molar-refractivity contribution in [3.63, 3.8) is 0 Å². The second kappa shape index (κ2) is 12.9. The number of carbonyl (C=O) groups is 2. The number of carbonyl (C=O) groups excluding carboxylic acids is 2. The van der Waals surface area contributed by atoms with Crippen LogP contribution in [0.4, 0.5) is 5.95 Å². The van der Waals surface area contributed by atoms with Crippen molar-refractivity contribution in [3.05, 3.63) is 72.8 Å². The Morgan fingerprint density at radius 1 is 1.00 bits per heavy atom. The van der Waals surface area contributed by atoms with Crippen LogP contribution >= 0.6 is 0 Å². The second-order valence-electron chi connectivity index (χ2n) is 9.56. The second-order valence-corrected chi connectivity index (χ2v) is 9.56. The average molecular weight is 547 g/mol. The van der Waals surface area contributed by atoms with E-state index >= 15 is 0 Å². The standard InChI is InChI=1S/C30H34N4O6/c1-20(2)15-29(36)33(17-24-7-6-14-40-24)19-28(35)32-30-31-25(21-8-11-23(37-3)12-9-21)18-34(30)22-10-13-26(38-4)27(16-22)39-5/h6-14,16,18,20H,15,17,19H2,1-5H3,(H,31,32,35). The molecule has 0 saturated carbocycles. The number of rotatable bonds is 12. The smallest absolute Gasteiger partial charge is 0.246 e. The SMILES string of the molecule is COc1ccc(-c2cn(-c3ccc(OC)c(OC)c3)c(NC(=O)CN(Cc3ccco3)C(=O)CC(C)C)n2)cc1. The minimum absolute atomic E-state index is 0.135. The third kappa shape index (κ3) is 6.82. The van der Waals surface area contributed by atoms with Gasteiger partial charge in [-0.25, -0.2) is 4.98 Å². The first kappa shape index (κ1) is 28.3. The summed E-state index contributed by atoms with van der Waals surface area (Å²) in [6.07, 6.45) is 3.68. The van der Waals surface area contributed by atoms with Crippen molar-refractivity contribution in [1.82, 2.24) is 14.5 Å². The number of hydrogen-bond donors (Lipinski definition) is 1. The van der Waals surface area contributed by atoms with Gasteiger partial charge in [0.15, 0.2) is 11.5 Å². The van der Waals surface area contributed by atoms with Crippen LogP contribution in [0.25, 0.3) is 16.9 Å². The molecule has 1 N–H and O–H groups in total. The van der Waals surface area contributed by atoms with E-state index < -0.39 is 5.91 Å². The van der Waals surface area contributed by atoms with Crippen molar-refractivity contribution in [2.24, 2.45) is 5.92 Å². The lowest BCUT2D eigenvalue weighted by Gasteiger charge is -2.22. The van der Waals surface area contributed by atoms with E-state index in [2.05, 4.69) is 5.32 Å². The Morgan fingerprint density at radius 3 is 2.38 bits per heavy atom. The lowest BCUT2D eigenvalue weighted by atomic mass is 10.1. The van der Waals surface area contributed by atoms with Crippen LogP contribution in [0.15, 0.2) is 71.5 Å². The van der Waals surface area contributed by atoms with Gasteiger partial charge >= 0.3 is 0 Å². The lowest BCUT2D eigenvalue weighted by molar-refractivity contribution is -0.136. The minimum Gasteiger partial charge on any atom is -0.497 e. The van der Waals surface area contributed by atoms with Crippen molar-refractivity contribution in [3.8, 4) is 34.2 Å². The molecule has 4 aromatic rings. The fourth-order valence-corrected chi connectivity index (χ4v) is 4.18. The number of amides is 2. The van der Waals surface area contributed by atoms with Gasteiger partial charge in [0.1, 0.15) is 18.1 Å². The van der Waals surface area contributed by atoms with Crippen LogP contribution in [-0.2, 0) is 16.1 Å². The van der Waals surface area contributed by atoms with E-state index in [0.29, 0.717) is 35.1 Å². The molecular formula is C30H34N4O6. The summed E-state index contributed by atoms with van der Waals surface area (Å²) in [6.45, 7) is 3.95. The summed E-state index contributed by atoms with van der Waals surface area (Å²) < 4.78 is 23.3. The predicted octanol–water partition coefficient (Wildman–Crippen LogP) is 5.17. The quantitative estimate of drug-likeness (QED) is 0.261. The average Bonchev–Trinajstić information content (AvgIpc) is 3.62. The number of aromatic nitrogens is 2. The Hall–Kier alpha value is -4.73. The van der Waals surface area contributed by atoms with Crippen molar-refractivity contribution < 1.29 is 28.2 Å². The lowest BCUT2D eigenvalue weighted by Crippen LogP contribution is -2.38. The molecule has 0 saturated heterocycles. The number of nitrogens with zero attached hydrogens (tertiary/aromatic N) is 3. The van der Waals surface area contributed by atoms with Gasteiger partial charge in [-0.3, -0.25) is 19.5 Å². The van der Waals surface area contributed by atoms with E-state index in [1.807, 2.05) is 50.4 Å². The van der Waals surface area contributed by atoms with E-state index in [0.717, 1.165) is 11.3 Å². The molecule has 0 atom stereocenters. The summed E-state index contributed by atoms with van der Waals surface area (Å²) in [5.74, 6) is 2.33. The largest absolute Gasteiger partial charge is 0.497 e. The van der Waals surface area contributed by atoms with Crippen molar-refractivity contribution in [1.29, 1.82) is 0 Å². The molecule has 2 aromatic carbocycles. The van der Waals surface area contributed by atoms with Crippen LogP contribution < -0.4 is 19.5 Å². The van der Waals surface area contributed by atoms with Crippen molar-refractivity contribution in [2.45, 2.75) is 26.8 Å². The third-order valence-electron chi connectivity index (χ3n) is 6.19. The Balaban J connectivity index is 1.65. The molecule has 0 radical (unpaired) electrons. The topological polar surface area (TPSA) is 108 Å². The molecule has 40 heavy (non-hydrogen) atoms. The zero-order valence-electron chi connectivity index (χ0n) is 23.3. The van der Waals surface area contributed by atoms with E-state index in [9.17, 15) is 9.59 Å². The summed E-state index contributed by atoms with van der Waals surface area (Å²) in [6, 6.07) is 16.4. The fourth-order valence-electron chi connectivity index (χ4n) is 4.18. The van der Waals surface area contributed by atoms with Gasteiger partial charge in [-0.1, -0.05) is 13.8 Å². The van der Waals surface area contributed by atoms with Gasteiger partial charge < -0.3 is 23.5 Å². The summed E-state index contributed by atoms with van der Waals surface area (Å²) >= 11 is 0. The number of methoxy groups -OCH3 is 3. The van der Waals surface area contributed by atoms with Crippen LogP contribution in [-0.4, -0.2) is 54.1 Å². The third-order valence-corrected chi connectivity index (χ3v) is 6.19. The zero-order chi connectivity index (χ0) is 28.6. The molecule has 0 aliphatic carbocycles. The molecule has 0 bridgehead atoms. The molecule has 4 rings (SSSR count). The molecule has 0 aliphatic rings. The molecule has 2 amide bonds. The first-order valence-corrected chi connectivity index (χ1v) is 12.9. The Kier molecular flexibility index (Phi) is 9.11. The van der Waals surface area contributed by atoms with Crippen LogP contribution in [0, 0.1) is 5.92 Å². The maximum absolute atomic E-state index is 13.3.